The fourth-order valence-corrected chi connectivity index (χ4v) is 4.50. The number of sulfonamides is 1. The number of nitrogens with zero attached hydrogens (tertiary/aromatic N) is 1. The zero-order valence-corrected chi connectivity index (χ0v) is 16.4. The number of carbonyl (C=O) groups excluding carboxylic acids is 1. The van der Waals surface area contributed by atoms with Gasteiger partial charge in [0.05, 0.1) is 27.7 Å². The second-order valence-electron chi connectivity index (χ2n) is 5.67. The third-order valence-corrected chi connectivity index (χ3v) is 6.21. The molecule has 0 bridgehead atoms. The van der Waals surface area contributed by atoms with E-state index in [1.165, 1.54) is 6.07 Å². The van der Waals surface area contributed by atoms with Gasteiger partial charge in [0.25, 0.3) is 10.0 Å². The molecule has 1 amide bonds. The molecule has 13 heteroatoms. The molecule has 0 fully saturated rings. The topological polar surface area (TPSA) is 87.6 Å². The highest BCUT2D eigenvalue weighted by molar-refractivity contribution is 8.15. The van der Waals surface area contributed by atoms with E-state index >= 15 is 0 Å². The van der Waals surface area contributed by atoms with Crippen molar-refractivity contribution in [2.45, 2.75) is 11.1 Å². The summed E-state index contributed by atoms with van der Waals surface area (Å²) in [6, 6.07) is 5.54. The average Bonchev–Trinajstić information content (AvgIpc) is 2.61. The van der Waals surface area contributed by atoms with Crippen LogP contribution in [0.2, 0.25) is 5.02 Å². The van der Waals surface area contributed by atoms with E-state index in [0.29, 0.717) is 17.8 Å². The molecule has 1 heterocycles. The number of amidine groups is 1. The van der Waals surface area contributed by atoms with Gasteiger partial charge < -0.3 is 10.6 Å². The number of hydrogen-bond donors (Lipinski definition) is 2. The van der Waals surface area contributed by atoms with Gasteiger partial charge in [-0.15, -0.1) is 4.40 Å². The molecule has 0 saturated heterocycles. The van der Waals surface area contributed by atoms with Gasteiger partial charge in [0.15, 0.2) is 5.17 Å². The average molecular weight is 468 g/mol. The molecule has 2 aromatic carbocycles. The first-order valence-corrected chi connectivity index (χ1v) is 10.5. The molecule has 0 unspecified atom stereocenters. The molecule has 0 aromatic heterocycles. The van der Waals surface area contributed by atoms with Crippen molar-refractivity contribution in [2.24, 2.45) is 4.40 Å². The Labute approximate surface area is 171 Å². The van der Waals surface area contributed by atoms with Gasteiger partial charge in [-0.25, -0.2) is 4.39 Å². The molecule has 0 aliphatic carbocycles. The summed E-state index contributed by atoms with van der Waals surface area (Å²) in [5, 5.41) is 4.65. The Balaban J connectivity index is 1.69. The smallest absolute Gasteiger partial charge is 0.333 e. The van der Waals surface area contributed by atoms with E-state index in [4.69, 9.17) is 11.6 Å². The van der Waals surface area contributed by atoms with Gasteiger partial charge in [-0.1, -0.05) is 23.4 Å². The molecule has 0 atom stereocenters. The third kappa shape index (κ3) is 5.00. The first kappa shape index (κ1) is 21.4. The number of halogens is 5. The van der Waals surface area contributed by atoms with Crippen LogP contribution in [0.25, 0.3) is 0 Å². The highest BCUT2D eigenvalue weighted by atomic mass is 35.5. The van der Waals surface area contributed by atoms with Crippen LogP contribution in [0.3, 0.4) is 0 Å². The first-order valence-electron chi connectivity index (χ1n) is 7.67. The monoisotopic (exact) mass is 467 g/mol. The third-order valence-electron chi connectivity index (χ3n) is 3.57. The van der Waals surface area contributed by atoms with Crippen LogP contribution in [-0.4, -0.2) is 25.2 Å². The normalized spacial score (nSPS) is 15.1. The molecule has 1 aliphatic heterocycles. The molecule has 0 radical (unpaired) electrons. The van der Waals surface area contributed by atoms with Crippen molar-refractivity contribution in [1.29, 1.82) is 0 Å². The Kier molecular flexibility index (Phi) is 5.79. The van der Waals surface area contributed by atoms with Gasteiger partial charge in [0, 0.05) is 0 Å². The Morgan fingerprint density at radius 1 is 1.21 bits per heavy atom. The summed E-state index contributed by atoms with van der Waals surface area (Å²) in [6.45, 7) is 0. The number of thioether (sulfide) groups is 1. The summed E-state index contributed by atoms with van der Waals surface area (Å²) in [6.07, 6.45) is -4.61. The molecule has 0 saturated carbocycles. The van der Waals surface area contributed by atoms with Gasteiger partial charge in [0.1, 0.15) is 10.7 Å². The van der Waals surface area contributed by atoms with Gasteiger partial charge >= 0.3 is 6.18 Å². The van der Waals surface area contributed by atoms with Crippen molar-refractivity contribution in [2.75, 3.05) is 16.4 Å². The Hall–Kier alpha value is -2.31. The molecule has 2 N–H and O–H groups in total. The number of nitrogens with one attached hydrogen (secondary N) is 2. The van der Waals surface area contributed by atoms with Gasteiger partial charge in [-0.2, -0.15) is 21.6 Å². The lowest BCUT2D eigenvalue weighted by atomic mass is 10.2. The minimum Gasteiger partial charge on any atom is -0.333 e. The second-order valence-corrected chi connectivity index (χ2v) is 8.61. The fourth-order valence-electron chi connectivity index (χ4n) is 2.29. The molecular weight excluding hydrogens is 458 g/mol. The molecule has 3 rings (SSSR count). The summed E-state index contributed by atoms with van der Waals surface area (Å²) >= 11 is 6.51. The minimum absolute atomic E-state index is 0.0882. The zero-order valence-electron chi connectivity index (χ0n) is 14.0. The van der Waals surface area contributed by atoms with Crippen LogP contribution in [-0.2, 0) is 21.0 Å². The Morgan fingerprint density at radius 3 is 2.62 bits per heavy atom. The highest BCUT2D eigenvalue weighted by Gasteiger charge is 2.31. The van der Waals surface area contributed by atoms with Crippen molar-refractivity contribution in [3.05, 3.63) is 52.8 Å². The summed E-state index contributed by atoms with van der Waals surface area (Å²) in [5.41, 5.74) is -1.14. The SMILES string of the molecule is O=C(CSC1=NS(=O)(=O)c2cc(F)ccc2N1)Nc1cc(C(F)(F)F)ccc1Cl. The minimum atomic E-state index is -4.61. The lowest BCUT2D eigenvalue weighted by Gasteiger charge is -2.17. The molecule has 154 valence electrons. The number of rotatable bonds is 3. The predicted octanol–water partition coefficient (Wildman–Crippen LogP) is 4.34. The maximum atomic E-state index is 13.3. The van der Waals surface area contributed by atoms with Crippen LogP contribution in [0, 0.1) is 5.82 Å². The van der Waals surface area contributed by atoms with E-state index in [9.17, 15) is 30.8 Å². The largest absolute Gasteiger partial charge is 0.416 e. The molecule has 2 aromatic rings. The Morgan fingerprint density at radius 2 is 1.93 bits per heavy atom. The number of anilines is 2. The molecule has 29 heavy (non-hydrogen) atoms. The van der Waals surface area contributed by atoms with E-state index in [1.807, 2.05) is 0 Å². The van der Waals surface area contributed by atoms with E-state index in [2.05, 4.69) is 15.0 Å². The second kappa shape index (κ2) is 7.84. The molecule has 0 spiro atoms. The van der Waals surface area contributed by atoms with Gasteiger partial charge in [-0.3, -0.25) is 4.79 Å². The van der Waals surface area contributed by atoms with Crippen LogP contribution in [0.5, 0.6) is 0 Å². The Bertz CT molecular complexity index is 1120. The number of fused-ring (bicyclic) bond motifs is 1. The highest BCUT2D eigenvalue weighted by Crippen LogP contribution is 2.34. The van der Waals surface area contributed by atoms with Gasteiger partial charge in [0.2, 0.25) is 5.91 Å². The van der Waals surface area contributed by atoms with Crippen LogP contribution in [0.15, 0.2) is 45.7 Å². The number of benzene rings is 2. The predicted molar refractivity (Wildman–Crippen MR) is 102 cm³/mol. The van der Waals surface area contributed by atoms with Crippen molar-refractivity contribution in [3.8, 4) is 0 Å². The van der Waals surface area contributed by atoms with Crippen LogP contribution in [0.4, 0.5) is 28.9 Å². The van der Waals surface area contributed by atoms with Crippen molar-refractivity contribution in [1.82, 2.24) is 0 Å². The van der Waals surface area contributed by atoms with Crippen molar-refractivity contribution < 1.29 is 30.8 Å². The lowest BCUT2D eigenvalue weighted by molar-refractivity contribution is -0.137. The van der Waals surface area contributed by atoms with Crippen molar-refractivity contribution in [3.63, 3.8) is 0 Å². The first-order chi connectivity index (χ1) is 13.5. The number of amides is 1. The van der Waals surface area contributed by atoms with E-state index in [1.54, 1.807) is 0 Å². The van der Waals surface area contributed by atoms with Crippen LogP contribution >= 0.6 is 23.4 Å². The lowest BCUT2D eigenvalue weighted by Crippen LogP contribution is -2.22. The fraction of sp³-hybridized carbons (Fsp3) is 0.125. The standard InChI is InChI=1S/C16H10ClF4N3O3S2/c17-10-3-1-8(16(19,20)21)5-12(10)22-14(25)7-28-15-23-11-4-2-9(18)6-13(11)29(26,27)24-15/h1-6H,7H2,(H,22,25)(H,23,24). The van der Waals surface area contributed by atoms with E-state index in [0.717, 1.165) is 24.3 Å². The summed E-state index contributed by atoms with van der Waals surface area (Å²) < 4.78 is 79.3. The number of carbonyl (C=O) groups is 1. The quantitative estimate of drug-likeness (QED) is 0.656. The summed E-state index contributed by atoms with van der Waals surface area (Å²) in [7, 11) is -4.16. The number of alkyl halides is 3. The van der Waals surface area contributed by atoms with E-state index < -0.39 is 33.5 Å². The molecule has 6 nitrogen and oxygen atoms in total. The van der Waals surface area contributed by atoms with E-state index in [-0.39, 0.29) is 32.2 Å². The molecular formula is C16H10ClF4N3O3S2. The molecule has 1 aliphatic rings. The van der Waals surface area contributed by atoms with Gasteiger partial charge in [-0.05, 0) is 36.4 Å². The number of hydrogen-bond acceptors (Lipinski definition) is 5. The maximum absolute atomic E-state index is 13.3. The van der Waals surface area contributed by atoms with Crippen LogP contribution in [0.1, 0.15) is 5.56 Å². The van der Waals surface area contributed by atoms with Crippen LogP contribution < -0.4 is 10.6 Å². The summed E-state index contributed by atoms with van der Waals surface area (Å²) in [5.74, 6) is -1.86. The maximum Gasteiger partial charge on any atom is 0.416 e. The van der Waals surface area contributed by atoms with Crippen molar-refractivity contribution >= 4 is 55.8 Å². The zero-order chi connectivity index (χ0) is 21.4. The summed E-state index contributed by atoms with van der Waals surface area (Å²) in [4.78, 5) is 11.7.